The highest BCUT2D eigenvalue weighted by molar-refractivity contribution is 5.81. The normalized spacial score (nSPS) is 20.7. The van der Waals surface area contributed by atoms with Gasteiger partial charge in [0.1, 0.15) is 0 Å². The van der Waals surface area contributed by atoms with Crippen molar-refractivity contribution in [1.82, 2.24) is 10.2 Å². The largest absolute Gasteiger partial charge is 0.353 e. The number of hydrogen-bond acceptors (Lipinski definition) is 3. The minimum Gasteiger partial charge on any atom is -0.353 e. The quantitative estimate of drug-likeness (QED) is 0.775. The summed E-state index contributed by atoms with van der Waals surface area (Å²) in [6, 6.07) is -0.0320. The Balaban J connectivity index is 2.39. The maximum Gasteiger partial charge on any atom is 0.237 e. The fourth-order valence-electron chi connectivity index (χ4n) is 2.11. The summed E-state index contributed by atoms with van der Waals surface area (Å²) in [5.74, 6) is 0.102. The Morgan fingerprint density at radius 1 is 1.29 bits per heavy atom. The molecule has 0 saturated carbocycles. The third-order valence-corrected chi connectivity index (χ3v) is 3.29. The molecule has 1 atom stereocenters. The van der Waals surface area contributed by atoms with Crippen molar-refractivity contribution in [3.63, 3.8) is 0 Å². The molecule has 1 rings (SSSR count). The smallest absolute Gasteiger partial charge is 0.237 e. The number of rotatable bonds is 4. The third-order valence-electron chi connectivity index (χ3n) is 3.29. The molecule has 0 aliphatic carbocycles. The van der Waals surface area contributed by atoms with Crippen LogP contribution in [0.1, 0.15) is 46.5 Å². The van der Waals surface area contributed by atoms with E-state index in [4.69, 9.17) is 5.73 Å². The average molecular weight is 241 g/mol. The highest BCUT2D eigenvalue weighted by Gasteiger charge is 2.23. The molecule has 0 aromatic heterocycles. The topological polar surface area (TPSA) is 58.4 Å². The molecule has 1 unspecified atom stereocenters. The summed E-state index contributed by atoms with van der Waals surface area (Å²) in [5, 5.41) is 2.93. The van der Waals surface area contributed by atoms with Crippen LogP contribution in [0.2, 0.25) is 0 Å². The standard InChI is InChI=1S/C13H27N3O/c1-11(12(17)15-10-13(2,3)14)16-8-6-4-5-7-9-16/h11H,4-10,14H2,1-3H3,(H,15,17). The van der Waals surface area contributed by atoms with Crippen LogP contribution in [0, 0.1) is 0 Å². The van der Waals surface area contributed by atoms with Gasteiger partial charge < -0.3 is 11.1 Å². The van der Waals surface area contributed by atoms with Crippen molar-refractivity contribution in [3.05, 3.63) is 0 Å². The first-order valence-electron chi connectivity index (χ1n) is 6.71. The van der Waals surface area contributed by atoms with Crippen LogP contribution >= 0.6 is 0 Å². The second-order valence-electron chi connectivity index (χ2n) is 5.83. The van der Waals surface area contributed by atoms with Crippen LogP contribution in [-0.2, 0) is 4.79 Å². The number of hydrogen-bond donors (Lipinski definition) is 2. The molecule has 0 radical (unpaired) electrons. The van der Waals surface area contributed by atoms with Gasteiger partial charge in [0, 0.05) is 12.1 Å². The van der Waals surface area contributed by atoms with Gasteiger partial charge in [0.25, 0.3) is 0 Å². The minimum atomic E-state index is -0.339. The minimum absolute atomic E-state index is 0.0320. The number of likely N-dealkylation sites (tertiary alicyclic amines) is 1. The van der Waals surface area contributed by atoms with Crippen molar-refractivity contribution in [2.45, 2.75) is 58.0 Å². The zero-order chi connectivity index (χ0) is 12.9. The maximum absolute atomic E-state index is 12.0. The van der Waals surface area contributed by atoms with Crippen LogP contribution in [0.3, 0.4) is 0 Å². The van der Waals surface area contributed by atoms with Gasteiger partial charge in [-0.3, -0.25) is 9.69 Å². The number of nitrogens with two attached hydrogens (primary N) is 1. The molecule has 1 saturated heterocycles. The van der Waals surface area contributed by atoms with E-state index in [0.29, 0.717) is 6.54 Å². The van der Waals surface area contributed by atoms with Gasteiger partial charge in [-0.1, -0.05) is 12.8 Å². The van der Waals surface area contributed by atoms with Gasteiger partial charge in [-0.05, 0) is 46.7 Å². The fourth-order valence-corrected chi connectivity index (χ4v) is 2.11. The number of carbonyl (C=O) groups is 1. The molecule has 1 aliphatic heterocycles. The number of nitrogens with zero attached hydrogens (tertiary/aromatic N) is 1. The summed E-state index contributed by atoms with van der Waals surface area (Å²) in [6.07, 6.45) is 5.00. The predicted molar refractivity (Wildman–Crippen MR) is 70.8 cm³/mol. The molecule has 3 N–H and O–H groups in total. The van der Waals surface area contributed by atoms with Gasteiger partial charge in [0.15, 0.2) is 0 Å². The number of amides is 1. The zero-order valence-corrected chi connectivity index (χ0v) is 11.5. The molecule has 4 nitrogen and oxygen atoms in total. The van der Waals surface area contributed by atoms with Gasteiger partial charge in [0.05, 0.1) is 6.04 Å². The van der Waals surface area contributed by atoms with E-state index in [1.165, 1.54) is 25.7 Å². The van der Waals surface area contributed by atoms with E-state index in [1.807, 2.05) is 20.8 Å². The van der Waals surface area contributed by atoms with Crippen molar-refractivity contribution in [2.75, 3.05) is 19.6 Å². The molecule has 100 valence electrons. The lowest BCUT2D eigenvalue weighted by atomic mass is 10.1. The van der Waals surface area contributed by atoms with E-state index in [-0.39, 0.29) is 17.5 Å². The summed E-state index contributed by atoms with van der Waals surface area (Å²) in [5.41, 5.74) is 5.52. The molecule has 1 heterocycles. The molecule has 1 fully saturated rings. The van der Waals surface area contributed by atoms with Gasteiger partial charge in [0.2, 0.25) is 5.91 Å². The first-order valence-corrected chi connectivity index (χ1v) is 6.71. The highest BCUT2D eigenvalue weighted by atomic mass is 16.2. The average Bonchev–Trinajstić information content (AvgIpc) is 2.52. The van der Waals surface area contributed by atoms with Crippen LogP contribution in [0.15, 0.2) is 0 Å². The summed E-state index contributed by atoms with van der Waals surface area (Å²) < 4.78 is 0. The Morgan fingerprint density at radius 2 is 1.82 bits per heavy atom. The number of nitrogens with one attached hydrogen (secondary N) is 1. The van der Waals surface area contributed by atoms with Crippen LogP contribution in [0.5, 0.6) is 0 Å². The van der Waals surface area contributed by atoms with E-state index >= 15 is 0 Å². The molecule has 4 heteroatoms. The van der Waals surface area contributed by atoms with Crippen LogP contribution in [0.4, 0.5) is 0 Å². The lowest BCUT2D eigenvalue weighted by Gasteiger charge is -2.28. The summed E-state index contributed by atoms with van der Waals surface area (Å²) in [4.78, 5) is 14.3. The predicted octanol–water partition coefficient (Wildman–Crippen LogP) is 1.10. The monoisotopic (exact) mass is 241 g/mol. The van der Waals surface area contributed by atoms with Crippen molar-refractivity contribution in [2.24, 2.45) is 5.73 Å². The van der Waals surface area contributed by atoms with Crippen molar-refractivity contribution >= 4 is 5.91 Å². The second kappa shape index (κ2) is 6.36. The van der Waals surface area contributed by atoms with E-state index in [0.717, 1.165) is 13.1 Å². The van der Waals surface area contributed by atoms with E-state index in [1.54, 1.807) is 0 Å². The molecule has 0 aromatic carbocycles. The Kier molecular flexibility index (Phi) is 5.40. The Bertz CT molecular complexity index is 240. The van der Waals surface area contributed by atoms with Crippen LogP contribution in [0.25, 0.3) is 0 Å². The van der Waals surface area contributed by atoms with Gasteiger partial charge in [-0.2, -0.15) is 0 Å². The first-order chi connectivity index (χ1) is 7.90. The fraction of sp³-hybridized carbons (Fsp3) is 0.923. The molecule has 0 spiro atoms. The Hall–Kier alpha value is -0.610. The molecular weight excluding hydrogens is 214 g/mol. The lowest BCUT2D eigenvalue weighted by molar-refractivity contribution is -0.126. The van der Waals surface area contributed by atoms with E-state index in [9.17, 15) is 4.79 Å². The van der Waals surface area contributed by atoms with Gasteiger partial charge >= 0.3 is 0 Å². The Morgan fingerprint density at radius 3 is 2.29 bits per heavy atom. The SMILES string of the molecule is CC(C(=O)NCC(C)(C)N)N1CCCCCC1. The Labute approximate surface area is 105 Å². The molecule has 1 amide bonds. The molecule has 0 aromatic rings. The molecule has 1 aliphatic rings. The molecular formula is C13H27N3O. The van der Waals surface area contributed by atoms with Crippen LogP contribution in [-0.4, -0.2) is 42.0 Å². The van der Waals surface area contributed by atoms with Crippen molar-refractivity contribution < 1.29 is 4.79 Å². The number of carbonyl (C=O) groups excluding carboxylic acids is 1. The summed E-state index contributed by atoms with van der Waals surface area (Å²) in [7, 11) is 0. The van der Waals surface area contributed by atoms with Crippen molar-refractivity contribution in [1.29, 1.82) is 0 Å². The van der Waals surface area contributed by atoms with E-state index in [2.05, 4.69) is 10.2 Å². The lowest BCUT2D eigenvalue weighted by Crippen LogP contribution is -2.51. The molecule has 0 bridgehead atoms. The van der Waals surface area contributed by atoms with Crippen molar-refractivity contribution in [3.8, 4) is 0 Å². The maximum atomic E-state index is 12.0. The third kappa shape index (κ3) is 5.50. The summed E-state index contributed by atoms with van der Waals surface area (Å²) in [6.45, 7) is 8.45. The van der Waals surface area contributed by atoms with E-state index < -0.39 is 0 Å². The molecule has 17 heavy (non-hydrogen) atoms. The van der Waals surface area contributed by atoms with Crippen LogP contribution < -0.4 is 11.1 Å². The van der Waals surface area contributed by atoms with Gasteiger partial charge in [-0.25, -0.2) is 0 Å². The van der Waals surface area contributed by atoms with Gasteiger partial charge in [-0.15, -0.1) is 0 Å². The summed E-state index contributed by atoms with van der Waals surface area (Å²) >= 11 is 0. The highest BCUT2D eigenvalue weighted by Crippen LogP contribution is 2.12. The zero-order valence-electron chi connectivity index (χ0n) is 11.5. The second-order valence-corrected chi connectivity index (χ2v) is 5.83. The first kappa shape index (κ1) is 14.5.